The van der Waals surface area contributed by atoms with Crippen molar-refractivity contribution in [1.82, 2.24) is 19.6 Å². The summed E-state index contributed by atoms with van der Waals surface area (Å²) in [5, 5.41) is 20.3. The van der Waals surface area contributed by atoms with Crippen molar-refractivity contribution in [1.29, 1.82) is 0 Å². The zero-order chi connectivity index (χ0) is 21.4. The molecule has 2 aromatic heterocycles. The molecule has 6 rings (SSSR count). The van der Waals surface area contributed by atoms with Gasteiger partial charge in [-0.2, -0.15) is 4.98 Å². The SMILES string of the molecule is CN1CC2CCC1C(c1nc(-c3cn(C)c4ccccc34)no1)C2.O=C(O)C(=O)O. The van der Waals surface area contributed by atoms with Crippen molar-refractivity contribution < 1.29 is 24.3 Å². The number of aryl methyl sites for hydroxylation is 1. The van der Waals surface area contributed by atoms with Crippen LogP contribution in [0, 0.1) is 5.92 Å². The van der Waals surface area contributed by atoms with Crippen LogP contribution in [-0.4, -0.2) is 61.4 Å². The van der Waals surface area contributed by atoms with E-state index in [1.807, 2.05) is 0 Å². The van der Waals surface area contributed by atoms with Gasteiger partial charge in [-0.15, -0.1) is 0 Å². The number of carboxylic acid groups (broad SMARTS) is 2. The summed E-state index contributed by atoms with van der Waals surface area (Å²) in [6.07, 6.45) is 5.87. The minimum atomic E-state index is -1.82. The Kier molecular flexibility index (Phi) is 5.29. The fraction of sp³-hybridized carbons (Fsp3) is 0.429. The van der Waals surface area contributed by atoms with E-state index in [1.165, 1.54) is 36.7 Å². The van der Waals surface area contributed by atoms with E-state index >= 15 is 0 Å². The summed E-state index contributed by atoms with van der Waals surface area (Å²) in [5.74, 6) is -0.952. The van der Waals surface area contributed by atoms with E-state index in [1.54, 1.807) is 0 Å². The standard InChI is InChI=1S/C19H22N4O.C2H2O4/c1-22-10-12-7-8-17(22)14(9-12)19-20-18(21-24-19)15-11-23(2)16-6-4-3-5-13(15)16;3-1(4)2(5)6/h3-6,11-12,14,17H,7-10H2,1-2H3;(H,3,4)(H,5,6). The lowest BCUT2D eigenvalue weighted by atomic mass is 9.73. The average molecular weight is 412 g/mol. The largest absolute Gasteiger partial charge is 0.473 e. The highest BCUT2D eigenvalue weighted by atomic mass is 16.5. The van der Waals surface area contributed by atoms with Crippen LogP contribution in [0.25, 0.3) is 22.3 Å². The van der Waals surface area contributed by atoms with Crippen LogP contribution in [0.3, 0.4) is 0 Å². The monoisotopic (exact) mass is 412 g/mol. The number of rotatable bonds is 2. The van der Waals surface area contributed by atoms with Gasteiger partial charge in [0, 0.05) is 42.3 Å². The van der Waals surface area contributed by atoms with Gasteiger partial charge < -0.3 is 24.2 Å². The number of aromatic nitrogens is 3. The number of benzene rings is 1. The summed E-state index contributed by atoms with van der Waals surface area (Å²) in [6, 6.07) is 8.91. The molecule has 3 atom stereocenters. The van der Waals surface area contributed by atoms with E-state index in [0.717, 1.165) is 17.4 Å². The van der Waals surface area contributed by atoms with Crippen LogP contribution in [0.15, 0.2) is 35.0 Å². The third kappa shape index (κ3) is 3.68. The zero-order valence-corrected chi connectivity index (χ0v) is 16.9. The lowest BCUT2D eigenvalue weighted by molar-refractivity contribution is -0.159. The van der Waals surface area contributed by atoms with E-state index in [4.69, 9.17) is 29.3 Å². The molecule has 2 saturated heterocycles. The van der Waals surface area contributed by atoms with Crippen LogP contribution in [0.4, 0.5) is 0 Å². The van der Waals surface area contributed by atoms with Crippen LogP contribution in [-0.2, 0) is 16.6 Å². The normalized spacial score (nSPS) is 23.2. The number of carbonyl (C=O) groups is 2. The molecule has 9 heteroatoms. The number of carboxylic acids is 2. The second-order valence-electron chi connectivity index (χ2n) is 8.03. The Morgan fingerprint density at radius 1 is 1.13 bits per heavy atom. The first-order valence-electron chi connectivity index (χ1n) is 9.89. The molecule has 3 aromatic rings. The molecule has 1 aliphatic carbocycles. The average Bonchev–Trinajstić information content (AvgIpc) is 3.34. The van der Waals surface area contributed by atoms with Crippen LogP contribution >= 0.6 is 0 Å². The summed E-state index contributed by atoms with van der Waals surface area (Å²) in [4.78, 5) is 25.5. The second-order valence-corrected chi connectivity index (χ2v) is 8.03. The number of hydrogen-bond acceptors (Lipinski definition) is 6. The van der Waals surface area contributed by atoms with Gasteiger partial charge in [0.25, 0.3) is 0 Å². The number of piperidine rings is 2. The summed E-state index contributed by atoms with van der Waals surface area (Å²) in [7, 11) is 4.28. The molecule has 30 heavy (non-hydrogen) atoms. The maximum Gasteiger partial charge on any atom is 0.414 e. The molecule has 3 fully saturated rings. The molecule has 2 bridgehead atoms. The van der Waals surface area contributed by atoms with Crippen molar-refractivity contribution >= 4 is 22.8 Å². The fourth-order valence-electron chi connectivity index (χ4n) is 4.76. The third-order valence-electron chi connectivity index (χ3n) is 6.11. The highest BCUT2D eigenvalue weighted by Crippen LogP contribution is 2.43. The van der Waals surface area contributed by atoms with Gasteiger partial charge in [0.2, 0.25) is 11.7 Å². The molecular formula is C21H24N4O5. The molecule has 9 nitrogen and oxygen atoms in total. The Labute approximate surface area is 172 Å². The predicted octanol–water partition coefficient (Wildman–Crippen LogP) is 2.58. The molecule has 4 heterocycles. The van der Waals surface area contributed by atoms with Gasteiger partial charge in [-0.05, 0) is 38.3 Å². The number of likely N-dealkylation sites (N-methyl/N-ethyl adjacent to an activating group) is 1. The highest BCUT2D eigenvalue weighted by Gasteiger charge is 2.42. The Bertz CT molecular complexity index is 1080. The first kappa shape index (κ1) is 20.1. The Morgan fingerprint density at radius 2 is 1.87 bits per heavy atom. The number of nitrogens with zero attached hydrogens (tertiary/aromatic N) is 4. The molecule has 0 amide bonds. The van der Waals surface area contributed by atoms with Gasteiger partial charge in [-0.1, -0.05) is 23.4 Å². The van der Waals surface area contributed by atoms with E-state index in [2.05, 4.69) is 59.2 Å². The first-order chi connectivity index (χ1) is 14.3. The van der Waals surface area contributed by atoms with E-state index in [-0.39, 0.29) is 0 Å². The summed E-state index contributed by atoms with van der Waals surface area (Å²) in [5.41, 5.74) is 2.24. The second kappa shape index (κ2) is 7.91. The van der Waals surface area contributed by atoms with Crippen LogP contribution in [0.2, 0.25) is 0 Å². The predicted molar refractivity (Wildman–Crippen MR) is 108 cm³/mol. The Balaban J connectivity index is 0.000000322. The van der Waals surface area contributed by atoms with Crippen LogP contribution < -0.4 is 0 Å². The van der Waals surface area contributed by atoms with Crippen molar-refractivity contribution in [3.05, 3.63) is 36.4 Å². The lowest BCUT2D eigenvalue weighted by Crippen LogP contribution is -2.50. The molecule has 3 aliphatic rings. The van der Waals surface area contributed by atoms with Crippen molar-refractivity contribution in [2.75, 3.05) is 13.6 Å². The molecule has 3 unspecified atom stereocenters. The number of fused-ring (bicyclic) bond motifs is 4. The van der Waals surface area contributed by atoms with Gasteiger partial charge in [0.1, 0.15) is 0 Å². The third-order valence-corrected chi connectivity index (χ3v) is 6.11. The van der Waals surface area contributed by atoms with E-state index in [9.17, 15) is 0 Å². The van der Waals surface area contributed by atoms with Crippen LogP contribution in [0.1, 0.15) is 31.1 Å². The van der Waals surface area contributed by atoms with Crippen molar-refractivity contribution in [3.8, 4) is 11.4 Å². The van der Waals surface area contributed by atoms with Gasteiger partial charge in [-0.3, -0.25) is 0 Å². The topological polar surface area (TPSA) is 122 Å². The molecule has 0 spiro atoms. The number of aliphatic carboxylic acids is 2. The van der Waals surface area contributed by atoms with Crippen molar-refractivity contribution in [2.24, 2.45) is 13.0 Å². The van der Waals surface area contributed by atoms with Gasteiger partial charge in [0.05, 0.1) is 5.92 Å². The number of para-hydroxylation sites is 1. The molecule has 2 N–H and O–H groups in total. The van der Waals surface area contributed by atoms with Crippen molar-refractivity contribution in [3.63, 3.8) is 0 Å². The molecule has 1 aromatic carbocycles. The van der Waals surface area contributed by atoms with Crippen molar-refractivity contribution in [2.45, 2.75) is 31.2 Å². The zero-order valence-electron chi connectivity index (χ0n) is 16.9. The number of hydrogen-bond donors (Lipinski definition) is 2. The Hall–Kier alpha value is -3.20. The van der Waals surface area contributed by atoms with Gasteiger partial charge in [0.15, 0.2) is 0 Å². The first-order valence-corrected chi connectivity index (χ1v) is 9.89. The quantitative estimate of drug-likeness (QED) is 0.616. The lowest BCUT2D eigenvalue weighted by Gasteiger charge is -2.47. The molecule has 2 aliphatic heterocycles. The smallest absolute Gasteiger partial charge is 0.414 e. The fourth-order valence-corrected chi connectivity index (χ4v) is 4.76. The summed E-state index contributed by atoms with van der Waals surface area (Å²) >= 11 is 0. The van der Waals surface area contributed by atoms with Gasteiger partial charge in [-0.25, -0.2) is 9.59 Å². The van der Waals surface area contributed by atoms with Gasteiger partial charge >= 0.3 is 11.9 Å². The molecular weight excluding hydrogens is 388 g/mol. The molecule has 158 valence electrons. The molecule has 0 radical (unpaired) electrons. The Morgan fingerprint density at radius 3 is 2.53 bits per heavy atom. The van der Waals surface area contributed by atoms with Crippen LogP contribution in [0.5, 0.6) is 0 Å². The minimum Gasteiger partial charge on any atom is -0.473 e. The maximum atomic E-state index is 9.10. The van der Waals surface area contributed by atoms with E-state index < -0.39 is 11.9 Å². The minimum absolute atomic E-state index is 0.388. The summed E-state index contributed by atoms with van der Waals surface area (Å²) < 4.78 is 7.84. The summed E-state index contributed by atoms with van der Waals surface area (Å²) in [6.45, 7) is 1.21. The highest BCUT2D eigenvalue weighted by molar-refractivity contribution is 6.27. The molecule has 1 saturated carbocycles. The maximum absolute atomic E-state index is 9.10. The van der Waals surface area contributed by atoms with E-state index in [0.29, 0.717) is 17.8 Å².